The molecule has 1 saturated carbocycles. The van der Waals surface area contributed by atoms with Crippen LogP contribution in [0.3, 0.4) is 0 Å². The quantitative estimate of drug-likeness (QED) is 0.398. The minimum absolute atomic E-state index is 0.000255. The first kappa shape index (κ1) is 18.9. The van der Waals surface area contributed by atoms with E-state index < -0.39 is 35.1 Å². The largest absolute Gasteiger partial charge is 0.398 e. The lowest BCUT2D eigenvalue weighted by Crippen LogP contribution is -2.25. The zero-order valence-electron chi connectivity index (χ0n) is 14.2. The van der Waals surface area contributed by atoms with Gasteiger partial charge in [-0.25, -0.2) is 17.6 Å². The molecule has 4 N–H and O–H groups in total. The molecule has 1 aliphatic carbocycles. The van der Waals surface area contributed by atoms with E-state index in [0.717, 1.165) is 24.6 Å². The van der Waals surface area contributed by atoms with Crippen molar-refractivity contribution in [3.05, 3.63) is 63.7 Å². The second-order valence-corrected chi connectivity index (χ2v) is 6.39. The molecular formula is C19H17F4N3O. The van der Waals surface area contributed by atoms with Crippen LogP contribution in [-0.2, 0) is 6.54 Å². The van der Waals surface area contributed by atoms with E-state index in [1.165, 1.54) is 0 Å². The molecule has 8 heteroatoms. The maximum atomic E-state index is 13.7. The van der Waals surface area contributed by atoms with Crippen molar-refractivity contribution < 1.29 is 22.4 Å². The Hall–Kier alpha value is -2.90. The number of amides is 1. The number of nitrogens with two attached hydrogens (primary N) is 1. The van der Waals surface area contributed by atoms with Crippen molar-refractivity contribution in [3.63, 3.8) is 0 Å². The van der Waals surface area contributed by atoms with Crippen LogP contribution in [0.15, 0.2) is 24.3 Å². The molecule has 0 unspecified atom stereocenters. The molecule has 1 aliphatic rings. The summed E-state index contributed by atoms with van der Waals surface area (Å²) in [6, 6.07) is 4.71. The van der Waals surface area contributed by atoms with Gasteiger partial charge in [0.15, 0.2) is 0 Å². The standard InChI is InChI=1S/C19H17F4N3O/c20-14-5-10(6-15(21)17(14)18(22)23)19(27)26-8-13-11(9-1-2-9)3-4-16(25)12(13)7-24/h3-7,9,18,24H,1-2,8,25H2,(H,26,27). The van der Waals surface area contributed by atoms with Crippen LogP contribution >= 0.6 is 0 Å². The smallest absolute Gasteiger partial charge is 0.269 e. The van der Waals surface area contributed by atoms with E-state index in [2.05, 4.69) is 5.32 Å². The third kappa shape index (κ3) is 3.79. The number of alkyl halides is 2. The van der Waals surface area contributed by atoms with Gasteiger partial charge in [-0.2, -0.15) is 0 Å². The van der Waals surface area contributed by atoms with Gasteiger partial charge in [-0.05, 0) is 48.1 Å². The van der Waals surface area contributed by atoms with Crippen LogP contribution in [0.1, 0.15) is 57.8 Å². The summed E-state index contributed by atoms with van der Waals surface area (Å²) < 4.78 is 52.6. The molecular weight excluding hydrogens is 362 g/mol. The SMILES string of the molecule is N=Cc1c(N)ccc(C2CC2)c1CNC(=O)c1cc(F)c(C(F)F)c(F)c1. The van der Waals surface area contributed by atoms with Crippen molar-refractivity contribution in [2.45, 2.75) is 31.7 Å². The molecule has 0 spiro atoms. The number of nitrogen functional groups attached to an aromatic ring is 1. The molecule has 2 aromatic carbocycles. The van der Waals surface area contributed by atoms with Crippen LogP contribution in [0.4, 0.5) is 23.2 Å². The molecule has 142 valence electrons. The summed E-state index contributed by atoms with van der Waals surface area (Å²) in [5.41, 5.74) is 6.63. The van der Waals surface area contributed by atoms with Crippen molar-refractivity contribution in [2.24, 2.45) is 0 Å². The first-order chi connectivity index (χ1) is 12.8. The fraction of sp³-hybridized carbons (Fsp3) is 0.263. The van der Waals surface area contributed by atoms with Crippen LogP contribution in [0.2, 0.25) is 0 Å². The first-order valence-electron chi connectivity index (χ1n) is 8.30. The Morgan fingerprint density at radius 1 is 1.26 bits per heavy atom. The van der Waals surface area contributed by atoms with Gasteiger partial charge in [-0.3, -0.25) is 4.79 Å². The third-order valence-electron chi connectivity index (χ3n) is 4.57. The number of halogens is 4. The number of carbonyl (C=O) groups is 1. The molecule has 0 atom stereocenters. The number of benzene rings is 2. The highest BCUT2D eigenvalue weighted by Crippen LogP contribution is 2.43. The number of hydrogen-bond donors (Lipinski definition) is 3. The zero-order valence-corrected chi connectivity index (χ0v) is 14.2. The van der Waals surface area contributed by atoms with E-state index in [1.54, 1.807) is 6.07 Å². The van der Waals surface area contributed by atoms with Gasteiger partial charge < -0.3 is 16.5 Å². The van der Waals surface area contributed by atoms with Crippen LogP contribution in [-0.4, -0.2) is 12.1 Å². The molecule has 1 fully saturated rings. The van der Waals surface area contributed by atoms with Crippen molar-refractivity contribution in [1.29, 1.82) is 5.41 Å². The first-order valence-corrected chi connectivity index (χ1v) is 8.30. The molecule has 1 amide bonds. The topological polar surface area (TPSA) is 79.0 Å². The van der Waals surface area contributed by atoms with Gasteiger partial charge in [-0.1, -0.05) is 6.07 Å². The van der Waals surface area contributed by atoms with Crippen molar-refractivity contribution in [2.75, 3.05) is 5.73 Å². The lowest BCUT2D eigenvalue weighted by atomic mass is 9.96. The van der Waals surface area contributed by atoms with E-state index in [0.29, 0.717) is 34.9 Å². The van der Waals surface area contributed by atoms with Gasteiger partial charge >= 0.3 is 0 Å². The van der Waals surface area contributed by atoms with Gasteiger partial charge in [0.25, 0.3) is 12.3 Å². The average molecular weight is 379 g/mol. The van der Waals surface area contributed by atoms with E-state index >= 15 is 0 Å². The van der Waals surface area contributed by atoms with E-state index in [4.69, 9.17) is 11.1 Å². The minimum Gasteiger partial charge on any atom is -0.398 e. The van der Waals surface area contributed by atoms with Crippen LogP contribution in [0, 0.1) is 17.0 Å². The molecule has 0 heterocycles. The third-order valence-corrected chi connectivity index (χ3v) is 4.57. The van der Waals surface area contributed by atoms with Gasteiger partial charge in [0, 0.05) is 29.6 Å². The van der Waals surface area contributed by atoms with Gasteiger partial charge in [0.05, 0.1) is 5.56 Å². The Morgan fingerprint density at radius 3 is 2.41 bits per heavy atom. The monoisotopic (exact) mass is 379 g/mol. The number of rotatable bonds is 6. The van der Waals surface area contributed by atoms with Gasteiger partial charge in [0.2, 0.25) is 0 Å². The highest BCUT2D eigenvalue weighted by atomic mass is 19.3. The predicted octanol–water partition coefficient (Wildman–Crippen LogP) is 4.29. The molecule has 0 aliphatic heterocycles. The maximum Gasteiger partial charge on any atom is 0.269 e. The van der Waals surface area contributed by atoms with Crippen LogP contribution < -0.4 is 11.1 Å². The molecule has 3 rings (SSSR count). The van der Waals surface area contributed by atoms with E-state index in [9.17, 15) is 22.4 Å². The Balaban J connectivity index is 1.85. The van der Waals surface area contributed by atoms with Crippen LogP contribution in [0.25, 0.3) is 0 Å². The highest BCUT2D eigenvalue weighted by molar-refractivity contribution is 5.94. The lowest BCUT2D eigenvalue weighted by Gasteiger charge is -2.15. The Bertz CT molecular complexity index is 887. The number of anilines is 1. The summed E-state index contributed by atoms with van der Waals surface area (Å²) in [4.78, 5) is 12.3. The fourth-order valence-electron chi connectivity index (χ4n) is 3.04. The Morgan fingerprint density at radius 2 is 1.89 bits per heavy atom. The summed E-state index contributed by atoms with van der Waals surface area (Å²) >= 11 is 0. The number of carbonyl (C=O) groups excluding carboxylic acids is 1. The van der Waals surface area contributed by atoms with E-state index in [1.807, 2.05) is 6.07 Å². The molecule has 4 nitrogen and oxygen atoms in total. The molecule has 0 bridgehead atoms. The summed E-state index contributed by atoms with van der Waals surface area (Å²) in [5.74, 6) is -3.43. The summed E-state index contributed by atoms with van der Waals surface area (Å²) in [5, 5.41) is 10.1. The maximum absolute atomic E-state index is 13.7. The molecule has 0 aromatic heterocycles. The summed E-state index contributed by atoms with van der Waals surface area (Å²) in [7, 11) is 0. The average Bonchev–Trinajstić information content (AvgIpc) is 3.43. The minimum atomic E-state index is -3.31. The number of hydrogen-bond acceptors (Lipinski definition) is 3. The fourth-order valence-corrected chi connectivity index (χ4v) is 3.04. The zero-order chi connectivity index (χ0) is 19.7. The van der Waals surface area contributed by atoms with Gasteiger partial charge in [-0.15, -0.1) is 0 Å². The Labute approximate surface area is 152 Å². The van der Waals surface area contributed by atoms with Crippen molar-refractivity contribution >= 4 is 17.8 Å². The molecule has 27 heavy (non-hydrogen) atoms. The van der Waals surface area contributed by atoms with Crippen molar-refractivity contribution in [1.82, 2.24) is 5.32 Å². The van der Waals surface area contributed by atoms with Gasteiger partial charge in [0.1, 0.15) is 11.6 Å². The molecule has 0 radical (unpaired) electrons. The van der Waals surface area contributed by atoms with Crippen LogP contribution in [0.5, 0.6) is 0 Å². The number of nitrogens with one attached hydrogen (secondary N) is 2. The van der Waals surface area contributed by atoms with E-state index in [-0.39, 0.29) is 6.54 Å². The molecule has 0 saturated heterocycles. The van der Waals surface area contributed by atoms with Crippen molar-refractivity contribution in [3.8, 4) is 0 Å². The summed E-state index contributed by atoms with van der Waals surface area (Å²) in [6.07, 6.45) is -0.230. The highest BCUT2D eigenvalue weighted by Gasteiger charge is 2.28. The Kier molecular flexibility index (Phi) is 5.16. The lowest BCUT2D eigenvalue weighted by molar-refractivity contribution is 0.0948. The normalized spacial score (nSPS) is 13.7. The second-order valence-electron chi connectivity index (χ2n) is 6.39. The predicted molar refractivity (Wildman–Crippen MR) is 93.2 cm³/mol. The molecule has 2 aromatic rings. The second kappa shape index (κ2) is 7.38. The summed E-state index contributed by atoms with van der Waals surface area (Å²) in [6.45, 7) is 0.000255.